The first kappa shape index (κ1) is 20.5. The van der Waals surface area contributed by atoms with Gasteiger partial charge in [0, 0.05) is 35.3 Å². The predicted molar refractivity (Wildman–Crippen MR) is 118 cm³/mol. The second kappa shape index (κ2) is 9.81. The van der Waals surface area contributed by atoms with E-state index in [2.05, 4.69) is 41.4 Å². The molecular weight excluding hydrogens is 404 g/mol. The van der Waals surface area contributed by atoms with Crippen LogP contribution in [-0.4, -0.2) is 33.8 Å². The molecular formula is C23H25ClN2O2S. The monoisotopic (exact) mass is 428 g/mol. The van der Waals surface area contributed by atoms with Crippen molar-refractivity contribution in [2.75, 3.05) is 12.4 Å². The zero-order valence-electron chi connectivity index (χ0n) is 16.2. The first-order valence-electron chi connectivity index (χ1n) is 9.84. The van der Waals surface area contributed by atoms with Crippen LogP contribution in [0, 0.1) is 0 Å². The summed E-state index contributed by atoms with van der Waals surface area (Å²) in [6.45, 7) is 1.27. The molecule has 0 N–H and O–H groups in total. The average Bonchev–Trinajstić information content (AvgIpc) is 3.40. The average molecular weight is 429 g/mol. The molecule has 0 radical (unpaired) electrons. The van der Waals surface area contributed by atoms with Crippen molar-refractivity contribution in [2.24, 2.45) is 0 Å². The van der Waals surface area contributed by atoms with E-state index in [1.54, 1.807) is 6.20 Å². The second-order valence-corrected chi connectivity index (χ2v) is 8.79. The summed E-state index contributed by atoms with van der Waals surface area (Å²) in [4.78, 5) is 4.16. The second-order valence-electron chi connectivity index (χ2n) is 7.32. The van der Waals surface area contributed by atoms with E-state index in [4.69, 9.17) is 21.1 Å². The van der Waals surface area contributed by atoms with E-state index in [-0.39, 0.29) is 6.10 Å². The minimum Gasteiger partial charge on any atom is -0.345 e. The number of hydrogen-bond donors (Lipinski definition) is 0. The molecule has 0 aliphatic carbocycles. The molecule has 2 atom stereocenters. The molecule has 0 amide bonds. The van der Waals surface area contributed by atoms with Gasteiger partial charge in [0.15, 0.2) is 5.79 Å². The van der Waals surface area contributed by atoms with Crippen LogP contribution in [0.2, 0.25) is 5.02 Å². The topological polar surface area (TPSA) is 36.3 Å². The number of rotatable bonds is 9. The number of halogens is 1. The number of ether oxygens (including phenoxy) is 2. The molecule has 4 rings (SSSR count). The van der Waals surface area contributed by atoms with Crippen molar-refractivity contribution < 1.29 is 9.47 Å². The van der Waals surface area contributed by atoms with Crippen molar-refractivity contribution in [3.8, 4) is 0 Å². The smallest absolute Gasteiger partial charge is 0.187 e. The highest BCUT2D eigenvalue weighted by atomic mass is 35.5. The fourth-order valence-corrected chi connectivity index (χ4v) is 4.62. The Morgan fingerprint density at radius 3 is 2.69 bits per heavy atom. The van der Waals surface area contributed by atoms with Crippen LogP contribution in [0.25, 0.3) is 0 Å². The summed E-state index contributed by atoms with van der Waals surface area (Å²) in [5, 5.41) is 0.772. The van der Waals surface area contributed by atoms with Crippen LogP contribution >= 0.6 is 23.4 Å². The Balaban J connectivity index is 1.34. The Hall–Kier alpha value is -1.79. The number of nitrogens with zero attached hydrogens (tertiary/aromatic N) is 2. The molecule has 6 heteroatoms. The molecule has 1 aliphatic rings. The van der Waals surface area contributed by atoms with Crippen molar-refractivity contribution in [1.82, 2.24) is 9.55 Å². The summed E-state index contributed by atoms with van der Waals surface area (Å²) in [6, 6.07) is 18.5. The quantitative estimate of drug-likeness (QED) is 0.468. The third kappa shape index (κ3) is 5.86. The van der Waals surface area contributed by atoms with Gasteiger partial charge in [0.05, 0.1) is 25.6 Å². The van der Waals surface area contributed by atoms with Gasteiger partial charge >= 0.3 is 0 Å². The van der Waals surface area contributed by atoms with Gasteiger partial charge in [0.25, 0.3) is 0 Å². The highest BCUT2D eigenvalue weighted by Crippen LogP contribution is 2.32. The minimum absolute atomic E-state index is 0.0894. The Bertz CT molecular complexity index is 874. The van der Waals surface area contributed by atoms with E-state index in [0.29, 0.717) is 13.2 Å². The van der Waals surface area contributed by atoms with Gasteiger partial charge in [-0.1, -0.05) is 54.1 Å². The van der Waals surface area contributed by atoms with Crippen LogP contribution in [0.15, 0.2) is 73.3 Å². The summed E-state index contributed by atoms with van der Waals surface area (Å²) >= 11 is 7.83. The first-order valence-corrected chi connectivity index (χ1v) is 11.4. The first-order chi connectivity index (χ1) is 14.2. The normalized spacial score (nSPS) is 21.5. The Morgan fingerprint density at radius 1 is 1.10 bits per heavy atom. The molecule has 2 unspecified atom stereocenters. The van der Waals surface area contributed by atoms with Gasteiger partial charge < -0.3 is 14.0 Å². The van der Waals surface area contributed by atoms with E-state index in [0.717, 1.165) is 29.4 Å². The lowest BCUT2D eigenvalue weighted by Gasteiger charge is -2.28. The number of aromatic nitrogens is 2. The van der Waals surface area contributed by atoms with E-state index in [1.807, 2.05) is 47.1 Å². The summed E-state index contributed by atoms with van der Waals surface area (Å²) in [7, 11) is 0. The maximum Gasteiger partial charge on any atom is 0.187 e. The number of imidazole rings is 1. The molecule has 1 aliphatic heterocycles. The molecule has 29 heavy (non-hydrogen) atoms. The van der Waals surface area contributed by atoms with Crippen LogP contribution in [0.5, 0.6) is 0 Å². The van der Waals surface area contributed by atoms with Gasteiger partial charge in [-0.05, 0) is 29.7 Å². The zero-order valence-corrected chi connectivity index (χ0v) is 17.8. The van der Waals surface area contributed by atoms with Gasteiger partial charge in [-0.25, -0.2) is 4.98 Å². The highest BCUT2D eigenvalue weighted by Gasteiger charge is 2.41. The van der Waals surface area contributed by atoms with Crippen LogP contribution in [0.3, 0.4) is 0 Å². The molecule has 0 bridgehead atoms. The van der Waals surface area contributed by atoms with Crippen LogP contribution < -0.4 is 0 Å². The van der Waals surface area contributed by atoms with Crippen molar-refractivity contribution in [1.29, 1.82) is 0 Å². The van der Waals surface area contributed by atoms with Gasteiger partial charge in [-0.3, -0.25) is 0 Å². The van der Waals surface area contributed by atoms with E-state index in [9.17, 15) is 0 Å². The van der Waals surface area contributed by atoms with Crippen molar-refractivity contribution in [3.05, 3.63) is 89.5 Å². The molecule has 4 nitrogen and oxygen atoms in total. The fraction of sp³-hybridized carbons (Fsp3) is 0.348. The number of hydrogen-bond acceptors (Lipinski definition) is 4. The lowest BCUT2D eigenvalue weighted by molar-refractivity contribution is -0.180. The van der Waals surface area contributed by atoms with E-state index < -0.39 is 5.79 Å². The standard InChI is InChI=1S/C23H25ClN2O2S/c24-21-8-6-20(7-9-21)15-29-16-22-14-27-23(28-22,17-26-13-12-25-18-26)11-10-19-4-2-1-3-5-19/h1-9,12-13,18,22H,10-11,14-17H2. The number of aryl methyl sites for hydroxylation is 1. The Morgan fingerprint density at radius 2 is 1.93 bits per heavy atom. The molecule has 152 valence electrons. The van der Waals surface area contributed by atoms with Crippen LogP contribution in [0.4, 0.5) is 0 Å². The molecule has 1 fully saturated rings. The summed E-state index contributed by atoms with van der Waals surface area (Å²) in [6.07, 6.45) is 7.39. The maximum atomic E-state index is 6.49. The predicted octanol–water partition coefficient (Wildman–Crippen LogP) is 5.21. The molecule has 1 saturated heterocycles. The van der Waals surface area contributed by atoms with Crippen molar-refractivity contribution in [3.63, 3.8) is 0 Å². The van der Waals surface area contributed by atoms with Gasteiger partial charge in [-0.2, -0.15) is 11.8 Å². The third-order valence-electron chi connectivity index (χ3n) is 5.02. The molecule has 0 spiro atoms. The third-order valence-corrected chi connectivity index (χ3v) is 6.42. The summed E-state index contributed by atoms with van der Waals surface area (Å²) in [5.74, 6) is 1.23. The molecule has 1 aromatic heterocycles. The number of thioether (sulfide) groups is 1. The maximum absolute atomic E-state index is 6.49. The SMILES string of the molecule is Clc1ccc(CSCC2COC(CCc3ccccc3)(Cn3ccnc3)O2)cc1. The molecule has 0 saturated carbocycles. The van der Waals surface area contributed by atoms with Crippen LogP contribution in [0.1, 0.15) is 17.5 Å². The highest BCUT2D eigenvalue weighted by molar-refractivity contribution is 7.98. The van der Waals surface area contributed by atoms with E-state index >= 15 is 0 Å². The largest absolute Gasteiger partial charge is 0.345 e. The lowest BCUT2D eigenvalue weighted by atomic mass is 10.0. The summed E-state index contributed by atoms with van der Waals surface area (Å²) < 4.78 is 14.8. The van der Waals surface area contributed by atoms with Crippen LogP contribution in [-0.2, 0) is 28.2 Å². The van der Waals surface area contributed by atoms with E-state index in [1.165, 1.54) is 11.1 Å². The fourth-order valence-electron chi connectivity index (χ4n) is 3.52. The number of benzene rings is 2. The van der Waals surface area contributed by atoms with Gasteiger partial charge in [0.2, 0.25) is 0 Å². The van der Waals surface area contributed by atoms with Gasteiger partial charge in [0.1, 0.15) is 0 Å². The minimum atomic E-state index is -0.609. The molecule has 3 aromatic rings. The zero-order chi connectivity index (χ0) is 19.9. The van der Waals surface area contributed by atoms with Gasteiger partial charge in [-0.15, -0.1) is 0 Å². The van der Waals surface area contributed by atoms with Crippen molar-refractivity contribution in [2.45, 2.75) is 37.0 Å². The van der Waals surface area contributed by atoms with Crippen molar-refractivity contribution >= 4 is 23.4 Å². The lowest BCUT2D eigenvalue weighted by Crippen LogP contribution is -2.37. The summed E-state index contributed by atoms with van der Waals surface area (Å²) in [5.41, 5.74) is 2.57. The Kier molecular flexibility index (Phi) is 6.93. The Labute approximate surface area is 181 Å². The molecule has 2 aromatic carbocycles. The molecule has 2 heterocycles.